The lowest BCUT2D eigenvalue weighted by molar-refractivity contribution is 0.101. The first-order chi connectivity index (χ1) is 7.41. The van der Waals surface area contributed by atoms with E-state index in [2.05, 4.69) is 25.8 Å². The van der Waals surface area contributed by atoms with Crippen molar-refractivity contribution in [2.75, 3.05) is 0 Å². The molecule has 0 aliphatic rings. The molecule has 84 valence electrons. The standard InChI is InChI=1S/C13H16N2O/c1-9(16)11-10-7-5-6-8-15(10)12(14-11)13(2,3)4/h5-8H,1-4H3. The first-order valence-electron chi connectivity index (χ1n) is 5.40. The van der Waals surface area contributed by atoms with Crippen molar-refractivity contribution in [2.45, 2.75) is 33.1 Å². The monoisotopic (exact) mass is 216 g/mol. The van der Waals surface area contributed by atoms with Crippen LogP contribution in [0.5, 0.6) is 0 Å². The van der Waals surface area contributed by atoms with E-state index in [0.717, 1.165) is 11.3 Å². The molecule has 0 atom stereocenters. The summed E-state index contributed by atoms with van der Waals surface area (Å²) in [6.07, 6.45) is 1.95. The van der Waals surface area contributed by atoms with Gasteiger partial charge in [-0.15, -0.1) is 0 Å². The molecule has 0 fully saturated rings. The molecule has 0 bridgehead atoms. The summed E-state index contributed by atoms with van der Waals surface area (Å²) in [6, 6.07) is 5.81. The third kappa shape index (κ3) is 1.62. The number of hydrogen-bond donors (Lipinski definition) is 0. The Morgan fingerprint density at radius 3 is 2.56 bits per heavy atom. The van der Waals surface area contributed by atoms with E-state index in [1.165, 1.54) is 0 Å². The highest BCUT2D eigenvalue weighted by Crippen LogP contribution is 2.24. The van der Waals surface area contributed by atoms with Gasteiger partial charge >= 0.3 is 0 Å². The molecular weight excluding hydrogens is 200 g/mol. The van der Waals surface area contributed by atoms with Crippen LogP contribution in [0, 0.1) is 0 Å². The van der Waals surface area contributed by atoms with Crippen LogP contribution in [0.2, 0.25) is 0 Å². The van der Waals surface area contributed by atoms with Crippen LogP contribution in [0.25, 0.3) is 5.52 Å². The Balaban J connectivity index is 2.82. The second kappa shape index (κ2) is 3.44. The van der Waals surface area contributed by atoms with Gasteiger partial charge in [0.1, 0.15) is 11.5 Å². The molecule has 0 aliphatic heterocycles. The predicted octanol–water partition coefficient (Wildman–Crippen LogP) is 2.83. The maximum Gasteiger partial charge on any atom is 0.180 e. The summed E-state index contributed by atoms with van der Waals surface area (Å²) in [5, 5.41) is 0. The van der Waals surface area contributed by atoms with Crippen molar-refractivity contribution >= 4 is 11.3 Å². The van der Waals surface area contributed by atoms with Crippen molar-refractivity contribution < 1.29 is 4.79 Å². The van der Waals surface area contributed by atoms with Crippen molar-refractivity contribution in [3.05, 3.63) is 35.9 Å². The van der Waals surface area contributed by atoms with Crippen molar-refractivity contribution in [1.29, 1.82) is 0 Å². The fourth-order valence-corrected chi connectivity index (χ4v) is 1.83. The Morgan fingerprint density at radius 2 is 2.00 bits per heavy atom. The molecule has 3 heteroatoms. The van der Waals surface area contributed by atoms with E-state index in [-0.39, 0.29) is 11.2 Å². The first-order valence-corrected chi connectivity index (χ1v) is 5.40. The minimum atomic E-state index is -0.0715. The summed E-state index contributed by atoms with van der Waals surface area (Å²) in [6.45, 7) is 7.85. The van der Waals surface area contributed by atoms with Gasteiger partial charge in [-0.25, -0.2) is 4.98 Å². The molecule has 3 nitrogen and oxygen atoms in total. The van der Waals surface area contributed by atoms with E-state index < -0.39 is 0 Å². The number of fused-ring (bicyclic) bond motifs is 1. The van der Waals surface area contributed by atoms with Crippen LogP contribution < -0.4 is 0 Å². The van der Waals surface area contributed by atoms with Gasteiger partial charge in [-0.1, -0.05) is 26.8 Å². The minimum absolute atomic E-state index is 0.0131. The van der Waals surface area contributed by atoms with Gasteiger partial charge in [0.25, 0.3) is 0 Å². The molecule has 0 radical (unpaired) electrons. The predicted molar refractivity (Wildman–Crippen MR) is 63.9 cm³/mol. The molecule has 16 heavy (non-hydrogen) atoms. The summed E-state index contributed by atoms with van der Waals surface area (Å²) in [4.78, 5) is 16.0. The highest BCUT2D eigenvalue weighted by Gasteiger charge is 2.23. The molecule has 0 aromatic carbocycles. The average Bonchev–Trinajstić information content (AvgIpc) is 2.56. The quantitative estimate of drug-likeness (QED) is 0.687. The maximum absolute atomic E-state index is 11.5. The van der Waals surface area contributed by atoms with E-state index in [1.54, 1.807) is 6.92 Å². The lowest BCUT2D eigenvalue weighted by atomic mass is 9.96. The summed E-state index contributed by atoms with van der Waals surface area (Å²) in [5.41, 5.74) is 1.38. The Kier molecular flexibility index (Phi) is 2.34. The molecule has 2 aromatic rings. The molecule has 0 saturated carbocycles. The zero-order chi connectivity index (χ0) is 11.9. The number of rotatable bonds is 1. The molecule has 2 rings (SSSR count). The van der Waals surface area contributed by atoms with Crippen LogP contribution in [0.15, 0.2) is 24.4 Å². The second-order valence-corrected chi connectivity index (χ2v) is 5.05. The molecule has 0 saturated heterocycles. The molecule has 0 unspecified atom stereocenters. The van der Waals surface area contributed by atoms with E-state index in [4.69, 9.17) is 0 Å². The van der Waals surface area contributed by atoms with Crippen molar-refractivity contribution in [3.63, 3.8) is 0 Å². The van der Waals surface area contributed by atoms with E-state index in [9.17, 15) is 4.79 Å². The van der Waals surface area contributed by atoms with Gasteiger partial charge < -0.3 is 4.40 Å². The zero-order valence-electron chi connectivity index (χ0n) is 10.1. The number of ketones is 1. The minimum Gasteiger partial charge on any atom is -0.303 e. The van der Waals surface area contributed by atoms with Gasteiger partial charge in [0.2, 0.25) is 0 Å². The van der Waals surface area contributed by atoms with Crippen LogP contribution in [0.3, 0.4) is 0 Å². The van der Waals surface area contributed by atoms with Gasteiger partial charge in [0, 0.05) is 18.5 Å². The Bertz CT molecular complexity index is 547. The Hall–Kier alpha value is -1.64. The lowest BCUT2D eigenvalue weighted by Gasteiger charge is -2.16. The average molecular weight is 216 g/mol. The molecule has 0 aliphatic carbocycles. The van der Waals surface area contributed by atoms with E-state index in [1.807, 2.05) is 28.8 Å². The molecule has 0 amide bonds. The summed E-state index contributed by atoms with van der Waals surface area (Å²) in [5.74, 6) is 0.938. The van der Waals surface area contributed by atoms with Crippen LogP contribution in [-0.4, -0.2) is 15.2 Å². The fraction of sp³-hybridized carbons (Fsp3) is 0.385. The van der Waals surface area contributed by atoms with Gasteiger partial charge in [0.15, 0.2) is 5.78 Å². The summed E-state index contributed by atoms with van der Waals surface area (Å²) in [7, 11) is 0. The summed E-state index contributed by atoms with van der Waals surface area (Å²) >= 11 is 0. The Morgan fingerprint density at radius 1 is 1.31 bits per heavy atom. The van der Waals surface area contributed by atoms with Crippen LogP contribution in [0.1, 0.15) is 44.0 Å². The first kappa shape index (κ1) is 10.9. The topological polar surface area (TPSA) is 34.4 Å². The van der Waals surface area contributed by atoms with Crippen molar-refractivity contribution in [1.82, 2.24) is 9.38 Å². The third-order valence-corrected chi connectivity index (χ3v) is 2.55. The number of carbonyl (C=O) groups is 1. The normalized spacial score (nSPS) is 12.0. The zero-order valence-corrected chi connectivity index (χ0v) is 10.1. The van der Waals surface area contributed by atoms with Gasteiger partial charge in [-0.3, -0.25) is 4.79 Å². The molecule has 2 aromatic heterocycles. The number of pyridine rings is 1. The maximum atomic E-state index is 11.5. The van der Waals surface area contributed by atoms with E-state index >= 15 is 0 Å². The highest BCUT2D eigenvalue weighted by molar-refractivity contribution is 5.99. The largest absolute Gasteiger partial charge is 0.303 e. The number of imidazole rings is 1. The number of aromatic nitrogens is 2. The highest BCUT2D eigenvalue weighted by atomic mass is 16.1. The van der Waals surface area contributed by atoms with Gasteiger partial charge in [-0.05, 0) is 12.1 Å². The lowest BCUT2D eigenvalue weighted by Crippen LogP contribution is -2.15. The smallest absolute Gasteiger partial charge is 0.180 e. The SMILES string of the molecule is CC(=O)c1nc(C(C)(C)C)n2ccccc12. The number of Topliss-reactive ketones (excluding diaryl/α,β-unsaturated/α-hetero) is 1. The van der Waals surface area contributed by atoms with Crippen molar-refractivity contribution in [3.8, 4) is 0 Å². The van der Waals surface area contributed by atoms with E-state index in [0.29, 0.717) is 5.69 Å². The third-order valence-electron chi connectivity index (χ3n) is 2.55. The molecule has 2 heterocycles. The number of carbonyl (C=O) groups excluding carboxylic acids is 1. The molecular formula is C13H16N2O. The van der Waals surface area contributed by atoms with Crippen LogP contribution >= 0.6 is 0 Å². The Labute approximate surface area is 95.1 Å². The fourth-order valence-electron chi connectivity index (χ4n) is 1.83. The number of hydrogen-bond acceptors (Lipinski definition) is 2. The summed E-state index contributed by atoms with van der Waals surface area (Å²) < 4.78 is 2.00. The van der Waals surface area contributed by atoms with Crippen LogP contribution in [0.4, 0.5) is 0 Å². The number of nitrogens with zero attached hydrogens (tertiary/aromatic N) is 2. The molecule has 0 spiro atoms. The van der Waals surface area contributed by atoms with Gasteiger partial charge in [0.05, 0.1) is 5.52 Å². The van der Waals surface area contributed by atoms with Crippen molar-refractivity contribution in [2.24, 2.45) is 0 Å². The molecule has 0 N–H and O–H groups in total. The van der Waals surface area contributed by atoms with Gasteiger partial charge in [-0.2, -0.15) is 0 Å². The second-order valence-electron chi connectivity index (χ2n) is 5.05. The van der Waals surface area contributed by atoms with Crippen LogP contribution in [-0.2, 0) is 5.41 Å².